The minimum Gasteiger partial charge on any atom is -0.493 e. The van der Waals surface area contributed by atoms with Crippen molar-refractivity contribution in [3.63, 3.8) is 0 Å². The third-order valence-electron chi connectivity index (χ3n) is 6.30. The van der Waals surface area contributed by atoms with Gasteiger partial charge in [0.25, 0.3) is 5.91 Å². The second-order valence-corrected chi connectivity index (χ2v) is 9.27. The summed E-state index contributed by atoms with van der Waals surface area (Å²) < 4.78 is 86.2. The molecule has 0 unspecified atom stereocenters. The molecule has 1 atom stereocenters. The minimum absolute atomic E-state index is 0. The molecule has 214 valence electrons. The number of carbonyl (C=O) groups excluding carboxylic acids is 1. The summed E-state index contributed by atoms with van der Waals surface area (Å²) in [6, 6.07) is 11.8. The molecule has 0 aliphatic carbocycles. The highest BCUT2D eigenvalue weighted by atomic mass is 19.4. The molecule has 0 saturated heterocycles. The van der Waals surface area contributed by atoms with Crippen LogP contribution in [0, 0.1) is 0 Å². The number of rotatable bonds is 9. The fourth-order valence-electron chi connectivity index (χ4n) is 4.34. The second-order valence-electron chi connectivity index (χ2n) is 9.27. The molecule has 0 saturated carbocycles. The van der Waals surface area contributed by atoms with E-state index in [0.717, 1.165) is 16.5 Å². The SMILES string of the molecule is CCCOc1ccc(-c2cc(C(F)(F)F)cc(C(F)(F)F)c2)cc1C(=O)N[C@H](CO)Cc1c[nH]c2ccccc12.[HH]. The largest absolute Gasteiger partial charge is 0.493 e. The van der Waals surface area contributed by atoms with E-state index < -0.39 is 42.0 Å². The quantitative estimate of drug-likeness (QED) is 0.187. The number of para-hydroxylation sites is 1. The second kappa shape index (κ2) is 11.6. The van der Waals surface area contributed by atoms with Crippen LogP contribution in [0.3, 0.4) is 0 Å². The maximum absolute atomic E-state index is 13.4. The number of hydrogen-bond acceptors (Lipinski definition) is 3. The number of nitrogens with one attached hydrogen (secondary N) is 2. The van der Waals surface area contributed by atoms with Crippen LogP contribution < -0.4 is 10.1 Å². The lowest BCUT2D eigenvalue weighted by molar-refractivity contribution is -0.143. The molecule has 1 amide bonds. The average molecular weight is 567 g/mol. The van der Waals surface area contributed by atoms with Gasteiger partial charge in [-0.25, -0.2) is 0 Å². The van der Waals surface area contributed by atoms with Crippen LogP contribution in [-0.2, 0) is 18.8 Å². The fraction of sp³-hybridized carbons (Fsp3) is 0.276. The molecular formula is C29H28F6N2O3. The number of alkyl halides is 6. The highest BCUT2D eigenvalue weighted by Crippen LogP contribution is 2.39. The van der Waals surface area contributed by atoms with Crippen LogP contribution in [0.15, 0.2) is 66.9 Å². The molecule has 0 aliphatic heterocycles. The molecule has 0 fully saturated rings. The van der Waals surface area contributed by atoms with Gasteiger partial charge in [-0.1, -0.05) is 31.2 Å². The Morgan fingerprint density at radius 1 is 0.975 bits per heavy atom. The van der Waals surface area contributed by atoms with Crippen molar-refractivity contribution in [2.24, 2.45) is 0 Å². The zero-order chi connectivity index (χ0) is 29.1. The molecule has 4 aromatic rings. The Balaban J connectivity index is 0.00000462. The van der Waals surface area contributed by atoms with Gasteiger partial charge in [0.05, 0.1) is 35.9 Å². The number of aromatic nitrogens is 1. The Bertz CT molecular complexity index is 1470. The predicted octanol–water partition coefficient (Wildman–Crippen LogP) is 7.24. The zero-order valence-electron chi connectivity index (χ0n) is 21.3. The van der Waals surface area contributed by atoms with Gasteiger partial charge in [-0.15, -0.1) is 0 Å². The molecule has 0 radical (unpaired) electrons. The molecule has 5 nitrogen and oxygen atoms in total. The highest BCUT2D eigenvalue weighted by Gasteiger charge is 2.37. The Hall–Kier alpha value is -3.99. The number of amides is 1. The lowest BCUT2D eigenvalue weighted by Crippen LogP contribution is -2.39. The Morgan fingerprint density at radius 2 is 1.65 bits per heavy atom. The summed E-state index contributed by atoms with van der Waals surface area (Å²) in [6.07, 6.45) is -7.42. The van der Waals surface area contributed by atoms with E-state index in [0.29, 0.717) is 18.6 Å². The summed E-state index contributed by atoms with van der Waals surface area (Å²) in [7, 11) is 0. The van der Waals surface area contributed by atoms with Crippen LogP contribution in [-0.4, -0.2) is 35.3 Å². The van der Waals surface area contributed by atoms with Crippen molar-refractivity contribution < 1.29 is 42.4 Å². The normalized spacial score (nSPS) is 12.9. The van der Waals surface area contributed by atoms with Gasteiger partial charge in [0.2, 0.25) is 0 Å². The summed E-state index contributed by atoms with van der Waals surface area (Å²) in [5.74, 6) is -0.593. The molecule has 3 N–H and O–H groups in total. The molecule has 4 rings (SSSR count). The Labute approximate surface area is 227 Å². The number of hydrogen-bond donors (Lipinski definition) is 3. The van der Waals surface area contributed by atoms with E-state index in [9.17, 15) is 36.2 Å². The van der Waals surface area contributed by atoms with Gasteiger partial charge in [0.15, 0.2) is 0 Å². The lowest BCUT2D eigenvalue weighted by Gasteiger charge is -2.19. The van der Waals surface area contributed by atoms with Crippen LogP contribution in [0.1, 0.15) is 41.8 Å². The summed E-state index contributed by atoms with van der Waals surface area (Å²) in [5.41, 5.74) is -1.70. The van der Waals surface area contributed by atoms with Gasteiger partial charge < -0.3 is 20.1 Å². The molecule has 1 heterocycles. The van der Waals surface area contributed by atoms with Crippen molar-refractivity contribution in [2.75, 3.05) is 13.2 Å². The Morgan fingerprint density at radius 3 is 2.27 bits per heavy atom. The summed E-state index contributed by atoms with van der Waals surface area (Å²) in [6.45, 7) is 1.64. The number of H-pyrrole nitrogens is 1. The number of aromatic amines is 1. The first-order valence-electron chi connectivity index (χ1n) is 12.4. The molecule has 0 aliphatic rings. The Kier molecular flexibility index (Phi) is 8.43. The molecule has 40 heavy (non-hydrogen) atoms. The van der Waals surface area contributed by atoms with Crippen molar-refractivity contribution in [1.29, 1.82) is 0 Å². The summed E-state index contributed by atoms with van der Waals surface area (Å²) in [5, 5.41) is 13.6. The van der Waals surface area contributed by atoms with Crippen molar-refractivity contribution in [1.82, 2.24) is 10.3 Å². The first-order valence-corrected chi connectivity index (χ1v) is 12.4. The van der Waals surface area contributed by atoms with E-state index in [1.807, 2.05) is 31.2 Å². The molecule has 0 bridgehead atoms. The van der Waals surface area contributed by atoms with Crippen LogP contribution in [0.2, 0.25) is 0 Å². The van der Waals surface area contributed by atoms with E-state index in [1.54, 1.807) is 6.20 Å². The molecular weight excluding hydrogens is 538 g/mol. The van der Waals surface area contributed by atoms with Crippen LogP contribution in [0.4, 0.5) is 26.3 Å². The van der Waals surface area contributed by atoms with Gasteiger partial charge in [0.1, 0.15) is 5.75 Å². The maximum Gasteiger partial charge on any atom is 0.416 e. The number of aliphatic hydroxyl groups excluding tert-OH is 1. The standard InChI is InChI=1S/C29H26F6N2O3.H2/c1-2-9-40-26-8-7-17(18-10-20(28(30,31)32)14-21(11-18)29(33,34)35)13-24(26)27(39)37-22(16-38)12-19-15-36-25-6-4-3-5-23(19)25;/h3-8,10-11,13-15,22,36,38H,2,9,12,16H2,1H3,(H,37,39);1H/t22-;/m0./s1. The summed E-state index contributed by atoms with van der Waals surface area (Å²) >= 11 is 0. The van der Waals surface area contributed by atoms with E-state index in [1.165, 1.54) is 18.2 Å². The number of aliphatic hydroxyl groups is 1. The third kappa shape index (κ3) is 6.59. The van der Waals surface area contributed by atoms with E-state index in [-0.39, 0.29) is 43.0 Å². The van der Waals surface area contributed by atoms with Gasteiger partial charge in [-0.2, -0.15) is 26.3 Å². The number of carbonyl (C=O) groups is 1. The highest BCUT2D eigenvalue weighted by molar-refractivity contribution is 5.98. The first-order chi connectivity index (χ1) is 18.9. The summed E-state index contributed by atoms with van der Waals surface area (Å²) in [4.78, 5) is 16.5. The van der Waals surface area contributed by atoms with Gasteiger partial charge >= 0.3 is 12.4 Å². The fourth-order valence-corrected chi connectivity index (χ4v) is 4.34. The maximum atomic E-state index is 13.4. The zero-order valence-corrected chi connectivity index (χ0v) is 21.3. The molecule has 3 aromatic carbocycles. The first kappa shape index (κ1) is 29.0. The van der Waals surface area contributed by atoms with Crippen molar-refractivity contribution in [2.45, 2.75) is 38.2 Å². The molecule has 0 spiro atoms. The van der Waals surface area contributed by atoms with E-state index >= 15 is 0 Å². The number of benzene rings is 3. The van der Waals surface area contributed by atoms with Gasteiger partial charge in [0, 0.05) is 18.5 Å². The van der Waals surface area contributed by atoms with Gasteiger partial charge in [-0.3, -0.25) is 4.79 Å². The minimum atomic E-state index is -5.02. The van der Waals surface area contributed by atoms with Crippen molar-refractivity contribution in [3.8, 4) is 16.9 Å². The number of ether oxygens (including phenoxy) is 1. The smallest absolute Gasteiger partial charge is 0.416 e. The number of fused-ring (bicyclic) bond motifs is 1. The lowest BCUT2D eigenvalue weighted by atomic mass is 9.97. The third-order valence-corrected chi connectivity index (χ3v) is 6.30. The van der Waals surface area contributed by atoms with Crippen LogP contribution in [0.25, 0.3) is 22.0 Å². The van der Waals surface area contributed by atoms with Gasteiger partial charge in [-0.05, 0) is 65.9 Å². The molecule has 11 heteroatoms. The van der Waals surface area contributed by atoms with Crippen molar-refractivity contribution >= 4 is 16.8 Å². The van der Waals surface area contributed by atoms with Crippen LogP contribution >= 0.6 is 0 Å². The monoisotopic (exact) mass is 566 g/mol. The topological polar surface area (TPSA) is 74.3 Å². The molecule has 1 aromatic heterocycles. The number of halogens is 6. The van der Waals surface area contributed by atoms with Crippen LogP contribution in [0.5, 0.6) is 5.75 Å². The van der Waals surface area contributed by atoms with E-state index in [2.05, 4.69) is 10.3 Å². The predicted molar refractivity (Wildman–Crippen MR) is 140 cm³/mol. The van der Waals surface area contributed by atoms with E-state index in [4.69, 9.17) is 4.74 Å². The average Bonchev–Trinajstić information content (AvgIpc) is 3.32. The van der Waals surface area contributed by atoms with Crippen molar-refractivity contribution in [3.05, 3.63) is 89.1 Å².